The second-order valence-corrected chi connectivity index (χ2v) is 6.24. The molecule has 0 unspecified atom stereocenters. The number of rotatable bonds is 1. The number of nitrogens with zero attached hydrogens (tertiary/aromatic N) is 1. The molecule has 20 heavy (non-hydrogen) atoms. The molecular formula is C14H19NO5. The Labute approximate surface area is 117 Å². The number of fused-ring (bicyclic) bond motifs is 2. The van der Waals surface area contributed by atoms with Gasteiger partial charge in [-0.15, -0.1) is 0 Å². The lowest BCUT2D eigenvalue weighted by atomic mass is 9.98. The molecule has 0 aromatic heterocycles. The number of amides is 2. The minimum atomic E-state index is -1.04. The van der Waals surface area contributed by atoms with Gasteiger partial charge >= 0.3 is 6.16 Å². The van der Waals surface area contributed by atoms with E-state index in [2.05, 4.69) is 0 Å². The first-order valence-electron chi connectivity index (χ1n) is 6.63. The molecule has 0 aromatic rings. The fourth-order valence-electron chi connectivity index (χ4n) is 2.44. The molecule has 6 heteroatoms. The fraction of sp³-hybridized carbons (Fsp3) is 0.643. The highest BCUT2D eigenvalue weighted by atomic mass is 16.8. The van der Waals surface area contributed by atoms with E-state index < -0.39 is 29.5 Å². The highest BCUT2D eigenvalue weighted by molar-refractivity contribution is 5.98. The van der Waals surface area contributed by atoms with Crippen molar-refractivity contribution in [3.63, 3.8) is 0 Å². The maximum Gasteiger partial charge on any atom is 0.534 e. The molecule has 0 spiro atoms. The first kappa shape index (κ1) is 14.6. The molecule has 1 aliphatic heterocycles. The number of imide groups is 1. The molecule has 1 heterocycles. The predicted molar refractivity (Wildman–Crippen MR) is 69.1 cm³/mol. The van der Waals surface area contributed by atoms with Crippen molar-refractivity contribution < 1.29 is 24.0 Å². The average molecular weight is 281 g/mol. The van der Waals surface area contributed by atoms with Gasteiger partial charge in [-0.05, 0) is 40.0 Å². The normalized spacial score (nSPS) is 26.2. The van der Waals surface area contributed by atoms with Crippen LogP contribution in [0, 0.1) is 11.8 Å². The zero-order valence-electron chi connectivity index (χ0n) is 12.1. The first-order valence-corrected chi connectivity index (χ1v) is 6.63. The number of hydrogen-bond acceptors (Lipinski definition) is 5. The van der Waals surface area contributed by atoms with Crippen molar-refractivity contribution in [1.29, 1.82) is 0 Å². The van der Waals surface area contributed by atoms with Gasteiger partial charge in [-0.1, -0.05) is 16.7 Å². The lowest BCUT2D eigenvalue weighted by molar-refractivity contribution is -0.188. The summed E-state index contributed by atoms with van der Waals surface area (Å²) >= 11 is 0. The zero-order valence-corrected chi connectivity index (χ0v) is 12.1. The highest BCUT2D eigenvalue weighted by Gasteiger charge is 2.42. The molecule has 0 saturated carbocycles. The molecule has 2 rings (SSSR count). The summed E-state index contributed by atoms with van der Waals surface area (Å²) in [6.45, 7) is 6.94. The first-order chi connectivity index (χ1) is 9.17. The number of ether oxygens (including phenoxy) is 1. The van der Waals surface area contributed by atoms with Crippen molar-refractivity contribution in [2.75, 3.05) is 0 Å². The van der Waals surface area contributed by atoms with E-state index in [4.69, 9.17) is 9.57 Å². The maximum absolute atomic E-state index is 12.2. The summed E-state index contributed by atoms with van der Waals surface area (Å²) in [6, 6.07) is 0. The van der Waals surface area contributed by atoms with Crippen molar-refractivity contribution in [2.45, 2.75) is 46.1 Å². The molecule has 0 N–H and O–H groups in total. The van der Waals surface area contributed by atoms with E-state index in [9.17, 15) is 14.4 Å². The largest absolute Gasteiger partial charge is 0.534 e. The molecule has 0 radical (unpaired) electrons. The summed E-state index contributed by atoms with van der Waals surface area (Å²) in [6.07, 6.45) is 1.57. The smallest absolute Gasteiger partial charge is 0.427 e. The van der Waals surface area contributed by atoms with Gasteiger partial charge in [0.2, 0.25) is 0 Å². The second kappa shape index (κ2) is 4.92. The summed E-state index contributed by atoms with van der Waals surface area (Å²) < 4.78 is 4.96. The van der Waals surface area contributed by atoms with Crippen LogP contribution in [0.2, 0.25) is 0 Å². The Bertz CT molecular complexity index is 488. The number of carbonyl (C=O) groups is 3. The third kappa shape index (κ3) is 3.00. The van der Waals surface area contributed by atoms with Crippen LogP contribution in [0.1, 0.15) is 40.5 Å². The van der Waals surface area contributed by atoms with Crippen LogP contribution in [0.4, 0.5) is 4.79 Å². The van der Waals surface area contributed by atoms with Gasteiger partial charge < -0.3 is 4.74 Å². The number of carbonyl (C=O) groups excluding carboxylic acids is 3. The van der Waals surface area contributed by atoms with E-state index in [1.54, 1.807) is 20.8 Å². The third-order valence-electron chi connectivity index (χ3n) is 3.37. The van der Waals surface area contributed by atoms with Gasteiger partial charge in [-0.2, -0.15) is 0 Å². The van der Waals surface area contributed by atoms with Gasteiger partial charge in [0.05, 0.1) is 5.92 Å². The van der Waals surface area contributed by atoms with Gasteiger partial charge in [-0.25, -0.2) is 4.79 Å². The van der Waals surface area contributed by atoms with Crippen LogP contribution in [0.15, 0.2) is 11.6 Å². The van der Waals surface area contributed by atoms with E-state index in [0.29, 0.717) is 11.5 Å². The minimum Gasteiger partial charge on any atom is -0.427 e. The van der Waals surface area contributed by atoms with E-state index in [-0.39, 0.29) is 12.3 Å². The van der Waals surface area contributed by atoms with Crippen molar-refractivity contribution in [3.05, 3.63) is 11.6 Å². The highest BCUT2D eigenvalue weighted by Crippen LogP contribution is 2.37. The van der Waals surface area contributed by atoms with Crippen LogP contribution >= 0.6 is 0 Å². The van der Waals surface area contributed by atoms with Crippen molar-refractivity contribution >= 4 is 18.0 Å². The van der Waals surface area contributed by atoms with Crippen LogP contribution in [-0.2, 0) is 19.2 Å². The molecule has 0 aromatic carbocycles. The quantitative estimate of drug-likeness (QED) is 0.418. The molecule has 1 fully saturated rings. The summed E-state index contributed by atoms with van der Waals surface area (Å²) in [5.41, 5.74) is 0.304. The van der Waals surface area contributed by atoms with Crippen molar-refractivity contribution in [3.8, 4) is 0 Å². The zero-order chi connectivity index (χ0) is 15.1. The molecule has 2 amide bonds. The summed E-state index contributed by atoms with van der Waals surface area (Å²) in [5, 5.41) is 0.557. The summed E-state index contributed by atoms with van der Waals surface area (Å²) in [4.78, 5) is 40.6. The summed E-state index contributed by atoms with van der Waals surface area (Å²) in [5.74, 6) is -1.33. The van der Waals surface area contributed by atoms with Crippen molar-refractivity contribution in [1.82, 2.24) is 5.06 Å². The number of hydrogen-bond donors (Lipinski definition) is 0. The Balaban J connectivity index is 2.10. The SMILES string of the molecule is CC1=C[C@H]2C[C@H]1CC(=O)N(OC(=O)OC(C)(C)C)C2=O. The van der Waals surface area contributed by atoms with Gasteiger partial charge in [0.1, 0.15) is 5.60 Å². The predicted octanol–water partition coefficient (Wildman–Crippen LogP) is 2.19. The molecule has 2 aliphatic rings. The Hall–Kier alpha value is -1.85. The third-order valence-corrected chi connectivity index (χ3v) is 3.37. The van der Waals surface area contributed by atoms with E-state index in [0.717, 1.165) is 5.57 Å². The molecule has 110 valence electrons. The molecular weight excluding hydrogens is 262 g/mol. The maximum atomic E-state index is 12.2. The Morgan fingerprint density at radius 1 is 1.35 bits per heavy atom. The number of hydroxylamine groups is 2. The second-order valence-electron chi connectivity index (χ2n) is 6.24. The monoisotopic (exact) mass is 281 g/mol. The van der Waals surface area contributed by atoms with Gasteiger partial charge in [0.25, 0.3) is 11.8 Å². The summed E-state index contributed by atoms with van der Waals surface area (Å²) in [7, 11) is 0. The lowest BCUT2D eigenvalue weighted by Crippen LogP contribution is -2.41. The molecule has 1 aliphatic carbocycles. The van der Waals surface area contributed by atoms with Crippen LogP contribution in [0.3, 0.4) is 0 Å². The van der Waals surface area contributed by atoms with Gasteiger partial charge in [0.15, 0.2) is 0 Å². The topological polar surface area (TPSA) is 72.9 Å². The van der Waals surface area contributed by atoms with E-state index in [1.807, 2.05) is 13.0 Å². The molecule has 2 atom stereocenters. The number of allylic oxidation sites excluding steroid dienone is 1. The Kier molecular flexibility index (Phi) is 3.58. The Morgan fingerprint density at radius 2 is 2.00 bits per heavy atom. The Morgan fingerprint density at radius 3 is 2.60 bits per heavy atom. The lowest BCUT2D eigenvalue weighted by Gasteiger charge is -2.23. The van der Waals surface area contributed by atoms with Crippen molar-refractivity contribution in [2.24, 2.45) is 11.8 Å². The molecule has 2 bridgehead atoms. The van der Waals surface area contributed by atoms with E-state index >= 15 is 0 Å². The van der Waals surface area contributed by atoms with E-state index in [1.165, 1.54) is 0 Å². The van der Waals surface area contributed by atoms with Crippen LogP contribution in [-0.4, -0.2) is 28.6 Å². The van der Waals surface area contributed by atoms with Crippen LogP contribution < -0.4 is 0 Å². The molecule has 6 nitrogen and oxygen atoms in total. The fourth-order valence-corrected chi connectivity index (χ4v) is 2.44. The van der Waals surface area contributed by atoms with Gasteiger partial charge in [-0.3, -0.25) is 14.4 Å². The minimum absolute atomic E-state index is 0.0590. The van der Waals surface area contributed by atoms with Gasteiger partial charge in [0, 0.05) is 6.42 Å². The average Bonchev–Trinajstić information content (AvgIpc) is 2.59. The standard InChI is InChI=1S/C14H19NO5/c1-8-5-10-6-9(8)7-11(16)15(12(10)17)20-13(18)19-14(2,3)4/h5,9-10H,6-7H2,1-4H3/t9-,10-/m0/s1. The molecule has 1 saturated heterocycles. The van der Waals surface area contributed by atoms with Crippen LogP contribution in [0.5, 0.6) is 0 Å². The van der Waals surface area contributed by atoms with Crippen LogP contribution in [0.25, 0.3) is 0 Å².